The molecule has 0 bridgehead atoms. The number of thiazole rings is 1. The number of methoxy groups -OCH3 is 1. The number of rotatable bonds is 6. The van der Waals surface area contributed by atoms with Gasteiger partial charge in [0, 0.05) is 17.9 Å². The van der Waals surface area contributed by atoms with Gasteiger partial charge in [-0.3, -0.25) is 10.2 Å². The van der Waals surface area contributed by atoms with Crippen LogP contribution in [0.2, 0.25) is 0 Å². The third-order valence-corrected chi connectivity index (χ3v) is 4.78. The Bertz CT molecular complexity index is 974. The normalized spacial score (nSPS) is 10.8. The highest BCUT2D eigenvalue weighted by atomic mass is 79.9. The van der Waals surface area contributed by atoms with Crippen LogP contribution >= 0.6 is 27.3 Å². The number of hydrazone groups is 1. The van der Waals surface area contributed by atoms with Crippen molar-refractivity contribution in [2.45, 2.75) is 6.92 Å². The van der Waals surface area contributed by atoms with Gasteiger partial charge in [-0.25, -0.2) is 4.98 Å². The van der Waals surface area contributed by atoms with Crippen LogP contribution in [0.5, 0.6) is 11.5 Å². The molecule has 0 atom stereocenters. The quantitative estimate of drug-likeness (QED) is 0.251. The third kappa shape index (κ3) is 4.93. The van der Waals surface area contributed by atoms with E-state index in [1.165, 1.54) is 25.4 Å². The fourth-order valence-electron chi connectivity index (χ4n) is 2.29. The highest BCUT2D eigenvalue weighted by Gasteiger charge is 2.13. The van der Waals surface area contributed by atoms with Crippen molar-refractivity contribution in [3.05, 3.63) is 57.9 Å². The molecule has 6 nitrogen and oxygen atoms in total. The maximum Gasteiger partial charge on any atom is 0.308 e. The highest BCUT2D eigenvalue weighted by Crippen LogP contribution is 2.36. The number of benzene rings is 2. The Morgan fingerprint density at radius 2 is 2.07 bits per heavy atom. The van der Waals surface area contributed by atoms with E-state index in [2.05, 4.69) is 31.4 Å². The molecule has 1 aromatic heterocycles. The van der Waals surface area contributed by atoms with E-state index >= 15 is 0 Å². The van der Waals surface area contributed by atoms with Gasteiger partial charge in [0.25, 0.3) is 0 Å². The van der Waals surface area contributed by atoms with Crippen LogP contribution in [0.4, 0.5) is 5.13 Å². The number of hydrogen-bond acceptors (Lipinski definition) is 7. The SMILES string of the molecule is COc1cc(C=NNc2nc(-c3ccccc3)cs2)cc(Br)c1OC(C)=O. The summed E-state index contributed by atoms with van der Waals surface area (Å²) in [5.74, 6) is 0.347. The minimum Gasteiger partial charge on any atom is -0.493 e. The van der Waals surface area contributed by atoms with Gasteiger partial charge in [0.1, 0.15) is 0 Å². The summed E-state index contributed by atoms with van der Waals surface area (Å²) in [5.41, 5.74) is 5.64. The molecule has 0 saturated heterocycles. The van der Waals surface area contributed by atoms with Gasteiger partial charge >= 0.3 is 5.97 Å². The molecule has 0 radical (unpaired) electrons. The molecular weight excluding hydrogens is 430 g/mol. The maximum absolute atomic E-state index is 11.2. The molecule has 0 aliphatic carbocycles. The molecule has 1 heterocycles. The van der Waals surface area contributed by atoms with Crippen LogP contribution in [0.25, 0.3) is 11.3 Å². The molecule has 0 spiro atoms. The number of carbonyl (C=O) groups is 1. The number of aromatic nitrogens is 1. The maximum atomic E-state index is 11.2. The summed E-state index contributed by atoms with van der Waals surface area (Å²) in [6.07, 6.45) is 1.63. The molecule has 0 unspecified atom stereocenters. The zero-order valence-corrected chi connectivity index (χ0v) is 17.0. The standard InChI is InChI=1S/C19H16BrN3O3S/c1-12(24)26-18-15(20)8-13(9-17(18)25-2)10-21-23-19-22-16(11-27-19)14-6-4-3-5-7-14/h3-11H,1-2H3,(H,22,23). The molecule has 0 fully saturated rings. The lowest BCUT2D eigenvalue weighted by atomic mass is 10.2. The molecule has 0 amide bonds. The summed E-state index contributed by atoms with van der Waals surface area (Å²) in [6, 6.07) is 13.5. The number of ether oxygens (including phenoxy) is 2. The van der Waals surface area contributed by atoms with Crippen LogP contribution in [0, 0.1) is 0 Å². The third-order valence-electron chi connectivity index (χ3n) is 3.45. The van der Waals surface area contributed by atoms with Gasteiger partial charge in [0.15, 0.2) is 11.5 Å². The molecule has 138 valence electrons. The monoisotopic (exact) mass is 445 g/mol. The second-order valence-electron chi connectivity index (χ2n) is 5.40. The number of carbonyl (C=O) groups excluding carboxylic acids is 1. The molecule has 0 aliphatic heterocycles. The van der Waals surface area contributed by atoms with Crippen molar-refractivity contribution < 1.29 is 14.3 Å². The Morgan fingerprint density at radius 1 is 1.30 bits per heavy atom. The Hall–Kier alpha value is -2.71. The Kier molecular flexibility index (Phi) is 6.20. The summed E-state index contributed by atoms with van der Waals surface area (Å²) in [5, 5.41) is 6.88. The van der Waals surface area contributed by atoms with Gasteiger partial charge in [0.2, 0.25) is 5.13 Å². The van der Waals surface area contributed by atoms with Gasteiger partial charge in [-0.05, 0) is 33.6 Å². The molecule has 3 rings (SSSR count). The van der Waals surface area contributed by atoms with Crippen LogP contribution in [-0.4, -0.2) is 24.3 Å². The molecule has 1 N–H and O–H groups in total. The van der Waals surface area contributed by atoms with E-state index in [4.69, 9.17) is 9.47 Å². The first-order chi connectivity index (χ1) is 13.1. The topological polar surface area (TPSA) is 72.8 Å². The smallest absolute Gasteiger partial charge is 0.308 e. The van der Waals surface area contributed by atoms with Crippen molar-refractivity contribution in [1.82, 2.24) is 4.98 Å². The zero-order chi connectivity index (χ0) is 19.2. The number of anilines is 1. The number of halogens is 1. The fraction of sp³-hybridized carbons (Fsp3) is 0.105. The zero-order valence-electron chi connectivity index (χ0n) is 14.6. The van der Waals surface area contributed by atoms with E-state index in [1.54, 1.807) is 18.3 Å². The molecule has 3 aromatic rings. The predicted octanol–water partition coefficient (Wildman–Crippen LogP) is 4.95. The van der Waals surface area contributed by atoms with Crippen LogP contribution in [0.1, 0.15) is 12.5 Å². The van der Waals surface area contributed by atoms with Crippen LogP contribution in [0.3, 0.4) is 0 Å². The van der Waals surface area contributed by atoms with Gasteiger partial charge in [0.05, 0.1) is 23.5 Å². The lowest BCUT2D eigenvalue weighted by Crippen LogP contribution is -2.04. The first kappa shape index (κ1) is 19.1. The lowest BCUT2D eigenvalue weighted by Gasteiger charge is -2.10. The second-order valence-corrected chi connectivity index (χ2v) is 7.11. The van der Waals surface area contributed by atoms with Crippen molar-refractivity contribution in [2.24, 2.45) is 5.10 Å². The van der Waals surface area contributed by atoms with Gasteiger partial charge in [-0.15, -0.1) is 11.3 Å². The first-order valence-electron chi connectivity index (χ1n) is 7.93. The minimum atomic E-state index is -0.421. The Balaban J connectivity index is 1.72. The van der Waals surface area contributed by atoms with E-state index < -0.39 is 5.97 Å². The fourth-order valence-corrected chi connectivity index (χ4v) is 3.49. The van der Waals surface area contributed by atoms with E-state index in [0.717, 1.165) is 16.8 Å². The average Bonchev–Trinajstić information content (AvgIpc) is 3.13. The number of esters is 1. The summed E-state index contributed by atoms with van der Waals surface area (Å²) in [7, 11) is 1.51. The van der Waals surface area contributed by atoms with Crippen LogP contribution in [-0.2, 0) is 4.79 Å². The summed E-state index contributed by atoms with van der Waals surface area (Å²) in [6.45, 7) is 1.34. The summed E-state index contributed by atoms with van der Waals surface area (Å²) in [4.78, 5) is 15.7. The summed E-state index contributed by atoms with van der Waals surface area (Å²) >= 11 is 4.86. The van der Waals surface area contributed by atoms with E-state index in [0.29, 0.717) is 21.1 Å². The summed E-state index contributed by atoms with van der Waals surface area (Å²) < 4.78 is 11.0. The minimum absolute atomic E-state index is 0.336. The van der Waals surface area contributed by atoms with Crippen molar-refractivity contribution in [1.29, 1.82) is 0 Å². The van der Waals surface area contributed by atoms with Gasteiger partial charge < -0.3 is 9.47 Å². The molecular formula is C19H16BrN3O3S. The number of nitrogens with one attached hydrogen (secondary N) is 1. The van der Waals surface area contributed by atoms with E-state index in [9.17, 15) is 4.79 Å². The van der Waals surface area contributed by atoms with E-state index in [1.807, 2.05) is 35.7 Å². The van der Waals surface area contributed by atoms with E-state index in [-0.39, 0.29) is 0 Å². The van der Waals surface area contributed by atoms with Gasteiger partial charge in [-0.2, -0.15) is 5.10 Å². The molecule has 27 heavy (non-hydrogen) atoms. The van der Waals surface area contributed by atoms with Crippen molar-refractivity contribution >= 4 is 44.6 Å². The van der Waals surface area contributed by atoms with Crippen LogP contribution in [0.15, 0.2) is 57.4 Å². The second kappa shape index (κ2) is 8.79. The van der Waals surface area contributed by atoms with Crippen LogP contribution < -0.4 is 14.9 Å². The molecule has 0 aliphatic rings. The Morgan fingerprint density at radius 3 is 2.78 bits per heavy atom. The van der Waals surface area contributed by atoms with Gasteiger partial charge in [-0.1, -0.05) is 30.3 Å². The van der Waals surface area contributed by atoms with Crippen molar-refractivity contribution in [3.8, 4) is 22.8 Å². The van der Waals surface area contributed by atoms with Crippen molar-refractivity contribution in [3.63, 3.8) is 0 Å². The van der Waals surface area contributed by atoms with Crippen molar-refractivity contribution in [2.75, 3.05) is 12.5 Å². The average molecular weight is 446 g/mol. The first-order valence-corrected chi connectivity index (χ1v) is 9.60. The Labute approximate surface area is 169 Å². The predicted molar refractivity (Wildman–Crippen MR) is 111 cm³/mol. The largest absolute Gasteiger partial charge is 0.493 e. The molecule has 8 heteroatoms. The number of nitrogens with zero attached hydrogens (tertiary/aromatic N) is 2. The molecule has 2 aromatic carbocycles. The molecule has 0 saturated carbocycles. The highest BCUT2D eigenvalue weighted by molar-refractivity contribution is 9.10. The number of hydrogen-bond donors (Lipinski definition) is 1. The lowest BCUT2D eigenvalue weighted by molar-refractivity contribution is -0.132.